The van der Waals surface area contributed by atoms with Crippen LogP contribution in [-0.2, 0) is 0 Å². The first-order valence-electron chi connectivity index (χ1n) is 10.5. The van der Waals surface area contributed by atoms with Gasteiger partial charge in [-0.15, -0.1) is 0 Å². The number of methoxy groups -OCH3 is 2. The quantitative estimate of drug-likeness (QED) is 0.189. The predicted molar refractivity (Wildman–Crippen MR) is 127 cm³/mol. The van der Waals surface area contributed by atoms with Crippen LogP contribution in [0.3, 0.4) is 0 Å². The minimum atomic E-state index is -0.581. The molecule has 0 saturated carbocycles. The molecule has 7 heteroatoms. The molecule has 7 nitrogen and oxygen atoms in total. The highest BCUT2D eigenvalue weighted by molar-refractivity contribution is 5.97. The Balaban J connectivity index is 1.60. The van der Waals surface area contributed by atoms with Crippen molar-refractivity contribution in [3.8, 4) is 28.6 Å². The number of para-hydroxylation sites is 1. The maximum Gasteiger partial charge on any atom is 0.343 e. The summed E-state index contributed by atoms with van der Waals surface area (Å²) in [6, 6.07) is 18.9. The lowest BCUT2D eigenvalue weighted by Gasteiger charge is -2.12. The number of benzene rings is 3. The lowest BCUT2D eigenvalue weighted by molar-refractivity contribution is 0.0733. The van der Waals surface area contributed by atoms with E-state index in [9.17, 15) is 9.59 Å². The van der Waals surface area contributed by atoms with Crippen LogP contribution in [0.25, 0.3) is 33.3 Å². The third-order valence-electron chi connectivity index (χ3n) is 5.52. The van der Waals surface area contributed by atoms with Crippen LogP contribution in [0.1, 0.15) is 15.9 Å². The third kappa shape index (κ3) is 3.88. The molecule has 2 aromatic heterocycles. The van der Waals surface area contributed by atoms with E-state index in [2.05, 4.69) is 0 Å². The number of ether oxygens (including phenoxy) is 3. The van der Waals surface area contributed by atoms with E-state index >= 15 is 0 Å². The van der Waals surface area contributed by atoms with Gasteiger partial charge in [-0.2, -0.15) is 0 Å². The van der Waals surface area contributed by atoms with E-state index in [1.165, 1.54) is 20.3 Å². The monoisotopic (exact) mass is 456 g/mol. The molecule has 0 aliphatic rings. The minimum Gasteiger partial charge on any atom is -0.497 e. The van der Waals surface area contributed by atoms with E-state index in [0.717, 1.165) is 5.39 Å². The largest absolute Gasteiger partial charge is 0.497 e. The van der Waals surface area contributed by atoms with E-state index in [1.807, 2.05) is 30.3 Å². The molecule has 0 atom stereocenters. The van der Waals surface area contributed by atoms with Crippen molar-refractivity contribution >= 4 is 27.9 Å². The number of carbonyl (C=O) groups is 1. The molecule has 0 bridgehead atoms. The standard InChI is InChI=1S/C27H20O7/c1-15-8-24-20(13-23(15)34-27(29)17-9-18(30-2)12-19(10-17)31-3)21(14-26(28)33-24)25-11-16-6-4-5-7-22(16)32-25/h4-14H,1-3H3. The molecular weight excluding hydrogens is 436 g/mol. The van der Waals surface area contributed by atoms with Crippen molar-refractivity contribution in [3.05, 3.63) is 88.3 Å². The van der Waals surface area contributed by atoms with Gasteiger partial charge in [0.1, 0.15) is 34.2 Å². The molecule has 0 N–H and O–H groups in total. The summed E-state index contributed by atoms with van der Waals surface area (Å²) in [7, 11) is 3.01. The highest BCUT2D eigenvalue weighted by Gasteiger charge is 2.18. The molecule has 0 amide bonds. The van der Waals surface area contributed by atoms with Gasteiger partial charge in [0.05, 0.1) is 19.8 Å². The van der Waals surface area contributed by atoms with Crippen molar-refractivity contribution in [1.29, 1.82) is 0 Å². The first kappa shape index (κ1) is 21.3. The number of carbonyl (C=O) groups excluding carboxylic acids is 1. The fourth-order valence-corrected chi connectivity index (χ4v) is 3.80. The number of aryl methyl sites for hydroxylation is 1. The summed E-state index contributed by atoms with van der Waals surface area (Å²) in [6.45, 7) is 1.77. The number of furan rings is 1. The zero-order valence-electron chi connectivity index (χ0n) is 18.7. The van der Waals surface area contributed by atoms with Crippen LogP contribution >= 0.6 is 0 Å². The molecule has 2 heterocycles. The van der Waals surface area contributed by atoms with Crippen molar-refractivity contribution in [2.24, 2.45) is 0 Å². The molecule has 0 saturated heterocycles. The second-order valence-electron chi connectivity index (χ2n) is 7.73. The molecule has 0 radical (unpaired) electrons. The molecule has 3 aromatic carbocycles. The summed E-state index contributed by atoms with van der Waals surface area (Å²) >= 11 is 0. The third-order valence-corrected chi connectivity index (χ3v) is 5.52. The van der Waals surface area contributed by atoms with Crippen LogP contribution in [0.2, 0.25) is 0 Å². The molecule has 5 rings (SSSR count). The van der Waals surface area contributed by atoms with E-state index in [1.54, 1.807) is 37.3 Å². The van der Waals surface area contributed by atoms with Gasteiger partial charge in [0.2, 0.25) is 0 Å². The average molecular weight is 456 g/mol. The van der Waals surface area contributed by atoms with Crippen molar-refractivity contribution in [3.63, 3.8) is 0 Å². The molecule has 0 spiro atoms. The molecule has 0 fully saturated rings. The number of rotatable bonds is 5. The van der Waals surface area contributed by atoms with Gasteiger partial charge >= 0.3 is 11.6 Å². The van der Waals surface area contributed by atoms with E-state index < -0.39 is 11.6 Å². The highest BCUT2D eigenvalue weighted by atomic mass is 16.5. The maximum atomic E-state index is 12.9. The summed E-state index contributed by atoms with van der Waals surface area (Å²) in [4.78, 5) is 25.2. The van der Waals surface area contributed by atoms with Gasteiger partial charge < -0.3 is 23.0 Å². The van der Waals surface area contributed by atoms with E-state index in [0.29, 0.717) is 50.7 Å². The minimum absolute atomic E-state index is 0.271. The van der Waals surface area contributed by atoms with E-state index in [4.69, 9.17) is 23.0 Å². The van der Waals surface area contributed by atoms with Crippen molar-refractivity contribution < 1.29 is 27.8 Å². The normalized spacial score (nSPS) is 11.0. The summed E-state index contributed by atoms with van der Waals surface area (Å²) in [6.07, 6.45) is 0. The second-order valence-corrected chi connectivity index (χ2v) is 7.73. The summed E-state index contributed by atoms with van der Waals surface area (Å²) in [5.41, 5.74) is 2.00. The Hall–Kier alpha value is -4.52. The SMILES string of the molecule is COc1cc(OC)cc(C(=O)Oc2cc3c(-c4cc5ccccc5o4)cc(=O)oc3cc2C)c1. The zero-order valence-corrected chi connectivity index (χ0v) is 18.7. The fraction of sp³-hybridized carbons (Fsp3) is 0.111. The Morgan fingerprint density at radius 3 is 2.26 bits per heavy atom. The number of esters is 1. The average Bonchev–Trinajstić information content (AvgIpc) is 3.28. The predicted octanol–water partition coefficient (Wildman–Crippen LogP) is 5.75. The first-order valence-corrected chi connectivity index (χ1v) is 10.5. The fourth-order valence-electron chi connectivity index (χ4n) is 3.80. The number of hydrogen-bond acceptors (Lipinski definition) is 7. The van der Waals surface area contributed by atoms with Crippen LogP contribution in [0, 0.1) is 6.92 Å². The van der Waals surface area contributed by atoms with Gasteiger partial charge in [0.25, 0.3) is 0 Å². The van der Waals surface area contributed by atoms with Crippen LogP contribution in [0.5, 0.6) is 17.2 Å². The second kappa shape index (κ2) is 8.44. The van der Waals surface area contributed by atoms with Gasteiger partial charge in [0.15, 0.2) is 0 Å². The molecule has 5 aromatic rings. The number of fused-ring (bicyclic) bond motifs is 2. The molecule has 0 aliphatic carbocycles. The Labute approximate surface area is 194 Å². The van der Waals surface area contributed by atoms with Crippen LogP contribution in [0.15, 0.2) is 80.4 Å². The molecule has 0 aliphatic heterocycles. The Kier molecular flexibility index (Phi) is 5.30. The Bertz CT molecular complexity index is 1550. The maximum absolute atomic E-state index is 12.9. The zero-order chi connectivity index (χ0) is 23.8. The lowest BCUT2D eigenvalue weighted by atomic mass is 10.0. The van der Waals surface area contributed by atoms with Gasteiger partial charge in [-0.1, -0.05) is 18.2 Å². The molecular formula is C27H20O7. The molecule has 0 unspecified atom stereocenters. The molecule has 34 heavy (non-hydrogen) atoms. The lowest BCUT2D eigenvalue weighted by Crippen LogP contribution is -2.10. The van der Waals surface area contributed by atoms with Crippen LogP contribution in [0.4, 0.5) is 0 Å². The van der Waals surface area contributed by atoms with Crippen LogP contribution < -0.4 is 19.8 Å². The van der Waals surface area contributed by atoms with Crippen molar-refractivity contribution in [2.75, 3.05) is 14.2 Å². The topological polar surface area (TPSA) is 88.1 Å². The Morgan fingerprint density at radius 1 is 0.824 bits per heavy atom. The summed E-state index contributed by atoms with van der Waals surface area (Å²) < 4.78 is 27.6. The van der Waals surface area contributed by atoms with E-state index in [-0.39, 0.29) is 5.56 Å². The summed E-state index contributed by atoms with van der Waals surface area (Å²) in [5.74, 6) is 1.19. The Morgan fingerprint density at radius 2 is 1.56 bits per heavy atom. The number of hydrogen-bond donors (Lipinski definition) is 0. The first-order chi connectivity index (χ1) is 16.4. The molecule has 170 valence electrons. The highest BCUT2D eigenvalue weighted by Crippen LogP contribution is 2.35. The van der Waals surface area contributed by atoms with Gasteiger partial charge in [-0.25, -0.2) is 9.59 Å². The van der Waals surface area contributed by atoms with Crippen LogP contribution in [-0.4, -0.2) is 20.2 Å². The van der Waals surface area contributed by atoms with Crippen molar-refractivity contribution in [2.45, 2.75) is 6.92 Å². The van der Waals surface area contributed by atoms with Gasteiger partial charge in [-0.05, 0) is 48.9 Å². The summed E-state index contributed by atoms with van der Waals surface area (Å²) in [5, 5.41) is 1.49. The van der Waals surface area contributed by atoms with Crippen molar-refractivity contribution in [1.82, 2.24) is 0 Å². The van der Waals surface area contributed by atoms with Gasteiger partial charge in [-0.3, -0.25) is 0 Å². The van der Waals surface area contributed by atoms with Gasteiger partial charge in [0, 0.05) is 28.5 Å². The smallest absolute Gasteiger partial charge is 0.343 e.